The summed E-state index contributed by atoms with van der Waals surface area (Å²) in [6.45, 7) is 0. The van der Waals surface area contributed by atoms with Crippen LogP contribution in [0.1, 0.15) is 0 Å². The monoisotopic (exact) mass is 789 g/mol. The van der Waals surface area contributed by atoms with Crippen LogP contribution >= 0.6 is 0 Å². The third-order valence-corrected chi connectivity index (χ3v) is 12.4. The fourth-order valence-corrected chi connectivity index (χ4v) is 9.30. The van der Waals surface area contributed by atoms with Crippen LogP contribution < -0.4 is 4.90 Å². The number of benzene rings is 11. The van der Waals surface area contributed by atoms with Gasteiger partial charge in [-0.3, -0.25) is 0 Å². The van der Waals surface area contributed by atoms with Crippen LogP contribution in [0, 0.1) is 0 Å². The molecule has 0 aliphatic carbocycles. The largest absolute Gasteiger partial charge is 0.454 e. The summed E-state index contributed by atoms with van der Waals surface area (Å²) < 4.78 is 6.90. The van der Waals surface area contributed by atoms with E-state index in [4.69, 9.17) is 4.42 Å². The van der Waals surface area contributed by atoms with Gasteiger partial charge in [0.2, 0.25) is 0 Å². The Hall–Kier alpha value is -8.20. The van der Waals surface area contributed by atoms with Crippen LogP contribution in [-0.4, -0.2) is 0 Å². The third-order valence-electron chi connectivity index (χ3n) is 12.4. The second-order valence-corrected chi connectivity index (χ2v) is 16.1. The second kappa shape index (κ2) is 14.8. The molecule has 12 rings (SSSR count). The van der Waals surface area contributed by atoms with Crippen molar-refractivity contribution >= 4 is 71.3 Å². The molecule has 0 atom stereocenters. The molecule has 0 aliphatic rings. The minimum atomic E-state index is 0.853. The Morgan fingerprint density at radius 3 is 1.52 bits per heavy atom. The molecule has 0 spiro atoms. The molecule has 0 fully saturated rings. The first-order chi connectivity index (χ1) is 30.7. The van der Waals surface area contributed by atoms with Crippen molar-refractivity contribution in [2.45, 2.75) is 0 Å². The molecule has 0 amide bonds. The Kier molecular flexibility index (Phi) is 8.53. The van der Waals surface area contributed by atoms with Crippen molar-refractivity contribution in [3.63, 3.8) is 0 Å². The number of hydrogen-bond acceptors (Lipinski definition) is 2. The zero-order valence-electron chi connectivity index (χ0n) is 33.9. The Balaban J connectivity index is 0.996. The minimum absolute atomic E-state index is 0.853. The van der Waals surface area contributed by atoms with Gasteiger partial charge in [-0.05, 0) is 126 Å². The van der Waals surface area contributed by atoms with E-state index in [0.29, 0.717) is 0 Å². The number of rotatable bonds is 7. The van der Waals surface area contributed by atoms with Gasteiger partial charge in [-0.1, -0.05) is 182 Å². The molecule has 12 aromatic rings. The summed E-state index contributed by atoms with van der Waals surface area (Å²) in [4.78, 5) is 2.38. The maximum absolute atomic E-state index is 6.90. The van der Waals surface area contributed by atoms with Crippen molar-refractivity contribution in [3.8, 4) is 44.5 Å². The average molecular weight is 790 g/mol. The van der Waals surface area contributed by atoms with E-state index < -0.39 is 0 Å². The zero-order valence-corrected chi connectivity index (χ0v) is 33.9. The summed E-state index contributed by atoms with van der Waals surface area (Å²) in [5.41, 5.74) is 14.2. The van der Waals surface area contributed by atoms with Gasteiger partial charge in [-0.25, -0.2) is 0 Å². The van der Waals surface area contributed by atoms with Crippen LogP contribution in [0.2, 0.25) is 0 Å². The maximum Gasteiger partial charge on any atom is 0.159 e. The lowest BCUT2D eigenvalue weighted by Crippen LogP contribution is -2.11. The van der Waals surface area contributed by atoms with Gasteiger partial charge in [0.05, 0.1) is 11.4 Å². The van der Waals surface area contributed by atoms with E-state index in [1.807, 2.05) is 0 Å². The second-order valence-electron chi connectivity index (χ2n) is 16.1. The Labute approximate surface area is 360 Å². The van der Waals surface area contributed by atoms with E-state index in [1.54, 1.807) is 0 Å². The molecule has 0 radical (unpaired) electrons. The molecule has 1 heterocycles. The topological polar surface area (TPSA) is 16.4 Å². The van der Waals surface area contributed by atoms with E-state index in [1.165, 1.54) is 54.6 Å². The molecule has 1 aromatic heterocycles. The number of para-hydroxylation sites is 1. The van der Waals surface area contributed by atoms with Crippen LogP contribution in [0.4, 0.5) is 17.1 Å². The Morgan fingerprint density at radius 1 is 0.290 bits per heavy atom. The van der Waals surface area contributed by atoms with Gasteiger partial charge < -0.3 is 9.32 Å². The lowest BCUT2D eigenvalue weighted by Gasteiger charge is -2.28. The summed E-state index contributed by atoms with van der Waals surface area (Å²) in [6.07, 6.45) is 0. The third kappa shape index (κ3) is 6.20. The maximum atomic E-state index is 6.90. The van der Waals surface area contributed by atoms with Crippen molar-refractivity contribution in [1.82, 2.24) is 0 Å². The van der Waals surface area contributed by atoms with Crippen LogP contribution in [-0.2, 0) is 0 Å². The van der Waals surface area contributed by atoms with Crippen molar-refractivity contribution in [2.24, 2.45) is 0 Å². The number of nitrogens with zero attached hydrogens (tertiary/aromatic N) is 1. The highest BCUT2D eigenvalue weighted by Gasteiger charge is 2.23. The van der Waals surface area contributed by atoms with E-state index in [0.717, 1.165) is 61.3 Å². The van der Waals surface area contributed by atoms with Crippen LogP contribution in [0.25, 0.3) is 98.8 Å². The Morgan fingerprint density at radius 2 is 0.790 bits per heavy atom. The van der Waals surface area contributed by atoms with Gasteiger partial charge in [0.15, 0.2) is 5.58 Å². The normalized spacial score (nSPS) is 11.5. The molecule has 0 N–H and O–H groups in total. The first-order valence-electron chi connectivity index (χ1n) is 21.2. The predicted octanol–water partition coefficient (Wildman–Crippen LogP) is 17.2. The SMILES string of the molecule is c1ccc(-c2ccc(N(c3ccc(-c4ccc5cc(-c6ccc7ccccc7c6)ccc5c4)cc3)c3cccc4c3oc3ccc5ccccc5c34)c(-c3ccccc3)c2)cc1. The molecular weight excluding hydrogens is 751 g/mol. The van der Waals surface area contributed by atoms with E-state index in [2.05, 4.69) is 241 Å². The Bertz CT molecular complexity index is 3620. The van der Waals surface area contributed by atoms with E-state index >= 15 is 0 Å². The van der Waals surface area contributed by atoms with E-state index in [9.17, 15) is 0 Å². The molecule has 2 heteroatoms. The van der Waals surface area contributed by atoms with Crippen molar-refractivity contribution in [3.05, 3.63) is 237 Å². The molecule has 11 aromatic carbocycles. The highest BCUT2D eigenvalue weighted by Crippen LogP contribution is 2.47. The highest BCUT2D eigenvalue weighted by molar-refractivity contribution is 6.21. The van der Waals surface area contributed by atoms with Crippen LogP contribution in [0.3, 0.4) is 0 Å². The lowest BCUT2D eigenvalue weighted by atomic mass is 9.95. The summed E-state index contributed by atoms with van der Waals surface area (Å²) in [7, 11) is 0. The highest BCUT2D eigenvalue weighted by atomic mass is 16.3. The van der Waals surface area contributed by atoms with Gasteiger partial charge in [0.25, 0.3) is 0 Å². The average Bonchev–Trinajstić information content (AvgIpc) is 3.75. The number of anilines is 3. The molecular formula is C60H39NO. The van der Waals surface area contributed by atoms with Crippen molar-refractivity contribution in [2.75, 3.05) is 4.90 Å². The van der Waals surface area contributed by atoms with Crippen molar-refractivity contribution in [1.29, 1.82) is 0 Å². The van der Waals surface area contributed by atoms with Gasteiger partial charge in [0, 0.05) is 22.0 Å². The summed E-state index contributed by atoms with van der Waals surface area (Å²) in [6, 6.07) is 85.4. The summed E-state index contributed by atoms with van der Waals surface area (Å²) >= 11 is 0. The van der Waals surface area contributed by atoms with Gasteiger partial charge in [-0.2, -0.15) is 0 Å². The molecule has 0 unspecified atom stereocenters. The predicted molar refractivity (Wildman–Crippen MR) is 263 cm³/mol. The standard InChI is InChI=1S/C60H39NO/c1-3-12-40(13-4-1)51-30-34-56(55(39-51)43-15-5-2-6-16-43)61(57-21-11-20-54-59-53-19-10-9-17-44(53)31-35-58(59)62-60(54)57)52-32-28-42(29-33-52)46-24-25-49-38-50(27-26-48(49)37-46)47-23-22-41-14-7-8-18-45(41)36-47/h1-39H. The first kappa shape index (κ1) is 35.7. The summed E-state index contributed by atoms with van der Waals surface area (Å²) in [5.74, 6) is 0. The lowest BCUT2D eigenvalue weighted by molar-refractivity contribution is 0.669. The molecule has 0 aliphatic heterocycles. The number of hydrogen-bond donors (Lipinski definition) is 0. The number of fused-ring (bicyclic) bond motifs is 7. The van der Waals surface area contributed by atoms with E-state index in [-0.39, 0.29) is 0 Å². The van der Waals surface area contributed by atoms with Crippen LogP contribution in [0.15, 0.2) is 241 Å². The molecule has 2 nitrogen and oxygen atoms in total. The first-order valence-corrected chi connectivity index (χ1v) is 21.2. The fraction of sp³-hybridized carbons (Fsp3) is 0. The quantitative estimate of drug-likeness (QED) is 0.160. The minimum Gasteiger partial charge on any atom is -0.454 e. The molecule has 290 valence electrons. The molecule has 0 saturated carbocycles. The summed E-state index contributed by atoms with van der Waals surface area (Å²) in [5, 5.41) is 9.57. The van der Waals surface area contributed by atoms with Gasteiger partial charge >= 0.3 is 0 Å². The van der Waals surface area contributed by atoms with Crippen molar-refractivity contribution < 1.29 is 4.42 Å². The number of furan rings is 1. The van der Waals surface area contributed by atoms with Gasteiger partial charge in [-0.15, -0.1) is 0 Å². The molecule has 62 heavy (non-hydrogen) atoms. The molecule has 0 saturated heterocycles. The fourth-order valence-electron chi connectivity index (χ4n) is 9.30. The zero-order chi connectivity index (χ0) is 41.0. The van der Waals surface area contributed by atoms with Crippen LogP contribution in [0.5, 0.6) is 0 Å². The smallest absolute Gasteiger partial charge is 0.159 e. The van der Waals surface area contributed by atoms with Gasteiger partial charge in [0.1, 0.15) is 5.58 Å². The molecule has 0 bridgehead atoms.